The zero-order valence-electron chi connectivity index (χ0n) is 14.9. The van der Waals surface area contributed by atoms with E-state index in [1.807, 2.05) is 17.0 Å². The van der Waals surface area contributed by atoms with E-state index in [4.69, 9.17) is 16.7 Å². The zero-order valence-corrected chi connectivity index (χ0v) is 15.7. The molecule has 2 amide bonds. The number of amides is 2. The van der Waals surface area contributed by atoms with Crippen molar-refractivity contribution >= 4 is 34.6 Å². The molecule has 144 valence electrons. The predicted molar refractivity (Wildman–Crippen MR) is 102 cm³/mol. The van der Waals surface area contributed by atoms with Crippen molar-refractivity contribution in [2.75, 3.05) is 6.54 Å². The SMILES string of the molecule is O=C(O)C1CCC(NC(=O)N2CCCC2c2nc3ccc(Cl)cc3[nH]2)CC1. The van der Waals surface area contributed by atoms with Crippen LogP contribution in [0, 0.1) is 5.92 Å². The summed E-state index contributed by atoms with van der Waals surface area (Å²) in [4.78, 5) is 33.7. The molecular weight excluding hydrogens is 368 g/mol. The molecule has 2 aliphatic rings. The highest BCUT2D eigenvalue weighted by molar-refractivity contribution is 6.31. The highest BCUT2D eigenvalue weighted by Crippen LogP contribution is 2.32. The number of imidazole rings is 1. The van der Waals surface area contributed by atoms with E-state index in [1.54, 1.807) is 6.07 Å². The number of carboxylic acids is 1. The van der Waals surface area contributed by atoms with Gasteiger partial charge in [-0.1, -0.05) is 11.6 Å². The summed E-state index contributed by atoms with van der Waals surface area (Å²) >= 11 is 6.05. The van der Waals surface area contributed by atoms with Crippen LogP contribution in [0.2, 0.25) is 5.02 Å². The van der Waals surface area contributed by atoms with Crippen LogP contribution in [0.25, 0.3) is 11.0 Å². The first kappa shape index (κ1) is 18.1. The molecular formula is C19H23ClN4O3. The summed E-state index contributed by atoms with van der Waals surface area (Å²) in [7, 11) is 0. The lowest BCUT2D eigenvalue weighted by Crippen LogP contribution is -2.46. The summed E-state index contributed by atoms with van der Waals surface area (Å²) in [5, 5.41) is 12.8. The van der Waals surface area contributed by atoms with Gasteiger partial charge in [-0.05, 0) is 56.7 Å². The number of aromatic amines is 1. The Morgan fingerprint density at radius 1 is 1.22 bits per heavy atom. The molecule has 2 fully saturated rings. The smallest absolute Gasteiger partial charge is 0.318 e. The number of aromatic nitrogens is 2. The summed E-state index contributed by atoms with van der Waals surface area (Å²) in [5.74, 6) is -0.223. The Morgan fingerprint density at radius 2 is 2.00 bits per heavy atom. The van der Waals surface area contributed by atoms with E-state index >= 15 is 0 Å². The lowest BCUT2D eigenvalue weighted by Gasteiger charge is -2.30. The van der Waals surface area contributed by atoms with Crippen LogP contribution in [-0.4, -0.2) is 44.6 Å². The van der Waals surface area contributed by atoms with Crippen LogP contribution in [0.4, 0.5) is 4.79 Å². The van der Waals surface area contributed by atoms with Crippen molar-refractivity contribution in [3.63, 3.8) is 0 Å². The topological polar surface area (TPSA) is 98.3 Å². The van der Waals surface area contributed by atoms with Gasteiger partial charge >= 0.3 is 12.0 Å². The summed E-state index contributed by atoms with van der Waals surface area (Å²) in [6, 6.07) is 5.40. The maximum atomic E-state index is 12.8. The van der Waals surface area contributed by atoms with Crippen molar-refractivity contribution in [2.24, 2.45) is 5.92 Å². The number of urea groups is 1. The number of carboxylic acid groups (broad SMARTS) is 1. The molecule has 7 nitrogen and oxygen atoms in total. The van der Waals surface area contributed by atoms with Crippen molar-refractivity contribution < 1.29 is 14.7 Å². The second-order valence-corrected chi connectivity index (χ2v) is 7.91. The van der Waals surface area contributed by atoms with Gasteiger partial charge < -0.3 is 20.3 Å². The normalized spacial score (nSPS) is 25.7. The molecule has 1 atom stereocenters. The Morgan fingerprint density at radius 3 is 2.74 bits per heavy atom. The second-order valence-electron chi connectivity index (χ2n) is 7.47. The Labute approximate surface area is 162 Å². The Kier molecular flexibility index (Phi) is 4.95. The molecule has 2 heterocycles. The summed E-state index contributed by atoms with van der Waals surface area (Å²) in [6.45, 7) is 0.693. The summed E-state index contributed by atoms with van der Waals surface area (Å²) in [6.07, 6.45) is 4.46. The van der Waals surface area contributed by atoms with E-state index in [2.05, 4.69) is 15.3 Å². The van der Waals surface area contributed by atoms with Crippen LogP contribution >= 0.6 is 11.6 Å². The number of nitrogens with one attached hydrogen (secondary N) is 2. The number of carbonyl (C=O) groups is 2. The molecule has 4 rings (SSSR count). The van der Waals surface area contributed by atoms with Crippen LogP contribution in [0.3, 0.4) is 0 Å². The number of hydrogen-bond donors (Lipinski definition) is 3. The van der Waals surface area contributed by atoms with Crippen LogP contribution in [-0.2, 0) is 4.79 Å². The van der Waals surface area contributed by atoms with E-state index in [-0.39, 0.29) is 24.0 Å². The number of benzene rings is 1. The van der Waals surface area contributed by atoms with Crippen molar-refractivity contribution in [1.82, 2.24) is 20.2 Å². The van der Waals surface area contributed by atoms with Gasteiger partial charge in [-0.2, -0.15) is 0 Å². The molecule has 1 aromatic carbocycles. The monoisotopic (exact) mass is 390 g/mol. The maximum absolute atomic E-state index is 12.8. The van der Waals surface area contributed by atoms with Gasteiger partial charge in [-0.15, -0.1) is 0 Å². The van der Waals surface area contributed by atoms with Crippen molar-refractivity contribution in [1.29, 1.82) is 0 Å². The number of fused-ring (bicyclic) bond motifs is 1. The Bertz CT molecular complexity index is 860. The molecule has 8 heteroatoms. The first-order chi connectivity index (χ1) is 13.0. The second kappa shape index (κ2) is 7.38. The summed E-state index contributed by atoms with van der Waals surface area (Å²) < 4.78 is 0. The number of H-pyrrole nitrogens is 1. The van der Waals surface area contributed by atoms with Crippen molar-refractivity contribution in [2.45, 2.75) is 50.6 Å². The van der Waals surface area contributed by atoms with Crippen molar-refractivity contribution in [3.8, 4) is 0 Å². The van der Waals surface area contributed by atoms with E-state index in [9.17, 15) is 9.59 Å². The highest BCUT2D eigenvalue weighted by atomic mass is 35.5. The average molecular weight is 391 g/mol. The molecule has 0 radical (unpaired) electrons. The van der Waals surface area contributed by atoms with E-state index in [0.29, 0.717) is 37.3 Å². The number of nitrogens with zero attached hydrogens (tertiary/aromatic N) is 2. The fourth-order valence-electron chi connectivity index (χ4n) is 4.20. The number of carbonyl (C=O) groups excluding carboxylic acids is 1. The Hall–Kier alpha value is -2.28. The largest absolute Gasteiger partial charge is 0.481 e. The van der Waals surface area contributed by atoms with Crippen LogP contribution in [0.1, 0.15) is 50.4 Å². The highest BCUT2D eigenvalue weighted by Gasteiger charge is 2.34. The molecule has 1 aliphatic carbocycles. The molecule has 1 saturated carbocycles. The van der Waals surface area contributed by atoms with E-state index in [1.165, 1.54) is 0 Å². The molecule has 0 spiro atoms. The van der Waals surface area contributed by atoms with Crippen LogP contribution in [0.5, 0.6) is 0 Å². The molecule has 2 aromatic rings. The molecule has 1 aromatic heterocycles. The quantitative estimate of drug-likeness (QED) is 0.744. The van der Waals surface area contributed by atoms with E-state index < -0.39 is 5.97 Å². The minimum atomic E-state index is -0.732. The minimum Gasteiger partial charge on any atom is -0.481 e. The Balaban J connectivity index is 1.43. The third-order valence-electron chi connectivity index (χ3n) is 5.70. The van der Waals surface area contributed by atoms with E-state index in [0.717, 1.165) is 29.7 Å². The molecule has 27 heavy (non-hydrogen) atoms. The lowest BCUT2D eigenvalue weighted by atomic mass is 9.86. The number of rotatable bonds is 3. The fraction of sp³-hybridized carbons (Fsp3) is 0.526. The van der Waals surface area contributed by atoms with Gasteiger partial charge in [-0.3, -0.25) is 4.79 Å². The zero-order chi connectivity index (χ0) is 19.0. The predicted octanol–water partition coefficient (Wildman–Crippen LogP) is 3.71. The molecule has 1 aliphatic heterocycles. The third-order valence-corrected chi connectivity index (χ3v) is 5.93. The van der Waals surface area contributed by atoms with Gasteiger partial charge in [0.15, 0.2) is 0 Å². The number of hydrogen-bond acceptors (Lipinski definition) is 3. The number of aliphatic carboxylic acids is 1. The van der Waals surface area contributed by atoms with Crippen molar-refractivity contribution in [3.05, 3.63) is 29.0 Å². The standard InChI is InChI=1S/C19H23ClN4O3/c20-12-5-8-14-15(10-12)23-17(22-14)16-2-1-9-24(16)19(27)21-13-6-3-11(4-7-13)18(25)26/h5,8,10-11,13,16H,1-4,6-7,9H2,(H,21,27)(H,22,23)(H,25,26). The first-order valence-corrected chi connectivity index (χ1v) is 9.84. The van der Waals surface area contributed by atoms with Crippen LogP contribution < -0.4 is 5.32 Å². The fourth-order valence-corrected chi connectivity index (χ4v) is 4.37. The number of halogens is 1. The van der Waals surface area contributed by atoms with Gasteiger partial charge in [0.2, 0.25) is 0 Å². The summed E-state index contributed by atoms with van der Waals surface area (Å²) in [5.41, 5.74) is 1.71. The van der Waals surface area contributed by atoms with Gasteiger partial charge in [-0.25, -0.2) is 9.78 Å². The van der Waals surface area contributed by atoms with Gasteiger partial charge in [0.05, 0.1) is 23.0 Å². The maximum Gasteiger partial charge on any atom is 0.318 e. The lowest BCUT2D eigenvalue weighted by molar-refractivity contribution is -0.142. The molecule has 1 saturated heterocycles. The van der Waals surface area contributed by atoms with Crippen LogP contribution in [0.15, 0.2) is 18.2 Å². The third kappa shape index (κ3) is 3.74. The minimum absolute atomic E-state index is 0.0452. The molecule has 1 unspecified atom stereocenters. The molecule has 0 bridgehead atoms. The first-order valence-electron chi connectivity index (χ1n) is 9.46. The number of likely N-dealkylation sites (tertiary alicyclic amines) is 1. The van der Waals surface area contributed by atoms with Gasteiger partial charge in [0.1, 0.15) is 5.82 Å². The van der Waals surface area contributed by atoms with Gasteiger partial charge in [0, 0.05) is 17.6 Å². The molecule has 3 N–H and O–H groups in total. The van der Waals surface area contributed by atoms with Gasteiger partial charge in [0.25, 0.3) is 0 Å². The average Bonchev–Trinajstić information content (AvgIpc) is 3.28.